The van der Waals surface area contributed by atoms with Gasteiger partial charge in [-0.3, -0.25) is 4.79 Å². The quantitative estimate of drug-likeness (QED) is 0.586. The highest BCUT2D eigenvalue weighted by Crippen LogP contribution is 2.10. The largest absolute Gasteiger partial charge is 0.352 e. The second kappa shape index (κ2) is 11.1. The highest BCUT2D eigenvalue weighted by Gasteiger charge is 2.12. The van der Waals surface area contributed by atoms with Gasteiger partial charge >= 0.3 is 0 Å². The molecule has 158 valence electrons. The molecule has 2 aromatic rings. The van der Waals surface area contributed by atoms with Crippen LogP contribution in [0.4, 0.5) is 0 Å². The Labute approximate surface area is 175 Å². The molecule has 0 saturated carbocycles. The zero-order valence-corrected chi connectivity index (χ0v) is 18.4. The predicted molar refractivity (Wildman–Crippen MR) is 118 cm³/mol. The van der Waals surface area contributed by atoms with Crippen molar-refractivity contribution in [1.82, 2.24) is 10.0 Å². The van der Waals surface area contributed by atoms with Crippen LogP contribution in [0.3, 0.4) is 0 Å². The van der Waals surface area contributed by atoms with Crippen LogP contribution in [0, 0.1) is 0 Å². The standard InChI is InChI=1S/C23H32N2O3S/c1-4-5-6-19-7-9-20(10-8-19)15-23(26)24-16-21-11-13-22(14-12-21)17-29(27,28)25-18(2)3/h7-14,18,25H,4-6,15-17H2,1-3H3,(H,24,26). The van der Waals surface area contributed by atoms with Crippen LogP contribution >= 0.6 is 0 Å². The van der Waals surface area contributed by atoms with Crippen LogP contribution in [-0.2, 0) is 40.0 Å². The maximum atomic E-state index is 12.2. The van der Waals surface area contributed by atoms with Gasteiger partial charge in [-0.25, -0.2) is 13.1 Å². The molecule has 0 bridgehead atoms. The van der Waals surface area contributed by atoms with Crippen LogP contribution < -0.4 is 10.0 Å². The summed E-state index contributed by atoms with van der Waals surface area (Å²) < 4.78 is 26.6. The number of nitrogens with one attached hydrogen (secondary N) is 2. The van der Waals surface area contributed by atoms with E-state index in [0.29, 0.717) is 13.0 Å². The summed E-state index contributed by atoms with van der Waals surface area (Å²) in [5.41, 5.74) is 3.96. The number of carbonyl (C=O) groups is 1. The molecule has 0 aliphatic carbocycles. The molecule has 0 spiro atoms. The molecule has 0 atom stereocenters. The highest BCUT2D eigenvalue weighted by atomic mass is 32.2. The molecule has 0 saturated heterocycles. The zero-order chi connectivity index (χ0) is 21.3. The van der Waals surface area contributed by atoms with E-state index >= 15 is 0 Å². The summed E-state index contributed by atoms with van der Waals surface area (Å²) in [5, 5.41) is 2.92. The number of rotatable bonds is 11. The smallest absolute Gasteiger partial charge is 0.224 e. The number of aryl methyl sites for hydroxylation is 1. The number of sulfonamides is 1. The fourth-order valence-corrected chi connectivity index (χ4v) is 4.46. The van der Waals surface area contributed by atoms with Crippen molar-refractivity contribution in [2.75, 3.05) is 0 Å². The van der Waals surface area contributed by atoms with Crippen LogP contribution in [0.2, 0.25) is 0 Å². The van der Waals surface area contributed by atoms with E-state index < -0.39 is 10.0 Å². The van der Waals surface area contributed by atoms with Crippen molar-refractivity contribution in [3.63, 3.8) is 0 Å². The maximum absolute atomic E-state index is 12.2. The van der Waals surface area contributed by atoms with Crippen LogP contribution in [0.1, 0.15) is 55.9 Å². The zero-order valence-electron chi connectivity index (χ0n) is 17.6. The summed E-state index contributed by atoms with van der Waals surface area (Å²) >= 11 is 0. The van der Waals surface area contributed by atoms with Crippen LogP contribution in [0.5, 0.6) is 0 Å². The minimum atomic E-state index is -3.34. The number of benzene rings is 2. The average molecular weight is 417 g/mol. The minimum absolute atomic E-state index is 0.0286. The Bertz CT molecular complexity index is 873. The molecule has 2 N–H and O–H groups in total. The Hall–Kier alpha value is -2.18. The Morgan fingerprint density at radius 1 is 0.897 bits per heavy atom. The second-order valence-corrected chi connectivity index (χ2v) is 9.48. The highest BCUT2D eigenvalue weighted by molar-refractivity contribution is 7.88. The van der Waals surface area contributed by atoms with Gasteiger partial charge in [0.05, 0.1) is 12.2 Å². The molecule has 0 unspecified atom stereocenters. The van der Waals surface area contributed by atoms with Gasteiger partial charge in [0.25, 0.3) is 0 Å². The maximum Gasteiger partial charge on any atom is 0.224 e. The van der Waals surface area contributed by atoms with Crippen LogP contribution in [-0.4, -0.2) is 20.4 Å². The molecule has 5 nitrogen and oxygen atoms in total. The molecule has 6 heteroatoms. The molecule has 0 radical (unpaired) electrons. The van der Waals surface area contributed by atoms with E-state index in [2.05, 4.69) is 29.1 Å². The first-order valence-corrected chi connectivity index (χ1v) is 11.8. The monoisotopic (exact) mass is 416 g/mol. The third kappa shape index (κ3) is 8.79. The van der Waals surface area contributed by atoms with Gasteiger partial charge in [0.15, 0.2) is 0 Å². The van der Waals surface area contributed by atoms with Gasteiger partial charge < -0.3 is 5.32 Å². The van der Waals surface area contributed by atoms with Crippen molar-refractivity contribution in [2.24, 2.45) is 0 Å². The molecular formula is C23H32N2O3S. The summed E-state index contributed by atoms with van der Waals surface area (Å²) in [5.74, 6) is -0.0781. The molecular weight excluding hydrogens is 384 g/mol. The molecule has 0 heterocycles. The predicted octanol–water partition coefficient (Wildman–Crippen LogP) is 3.72. The van der Waals surface area contributed by atoms with Gasteiger partial charge in [-0.05, 0) is 48.9 Å². The molecule has 0 aromatic heterocycles. The van der Waals surface area contributed by atoms with Gasteiger partial charge in [-0.15, -0.1) is 0 Å². The van der Waals surface area contributed by atoms with E-state index in [1.165, 1.54) is 18.4 Å². The molecule has 29 heavy (non-hydrogen) atoms. The van der Waals surface area contributed by atoms with Gasteiger partial charge in [0, 0.05) is 12.6 Å². The number of hydrogen-bond donors (Lipinski definition) is 2. The Morgan fingerprint density at radius 3 is 2.03 bits per heavy atom. The summed E-state index contributed by atoms with van der Waals surface area (Å²) in [6.45, 7) is 6.19. The van der Waals surface area contributed by atoms with E-state index in [9.17, 15) is 13.2 Å². The third-order valence-corrected chi connectivity index (χ3v) is 6.04. The van der Waals surface area contributed by atoms with Gasteiger partial charge in [0.2, 0.25) is 15.9 Å². The first-order chi connectivity index (χ1) is 13.8. The first-order valence-electron chi connectivity index (χ1n) is 10.2. The molecule has 0 aliphatic heterocycles. The lowest BCUT2D eigenvalue weighted by Crippen LogP contribution is -2.31. The molecule has 0 aliphatic rings. The van der Waals surface area contributed by atoms with Crippen molar-refractivity contribution in [1.29, 1.82) is 0 Å². The lowest BCUT2D eigenvalue weighted by atomic mass is 10.0. The van der Waals surface area contributed by atoms with E-state index in [0.717, 1.165) is 23.1 Å². The summed E-state index contributed by atoms with van der Waals surface area (Å²) in [6.07, 6.45) is 3.79. The molecule has 2 aromatic carbocycles. The van der Waals surface area contributed by atoms with Crippen LogP contribution in [0.15, 0.2) is 48.5 Å². The lowest BCUT2D eigenvalue weighted by molar-refractivity contribution is -0.120. The average Bonchev–Trinajstić information content (AvgIpc) is 2.65. The Balaban J connectivity index is 1.81. The van der Waals surface area contributed by atoms with E-state index in [1.807, 2.05) is 24.3 Å². The summed E-state index contributed by atoms with van der Waals surface area (Å²) in [7, 11) is -3.34. The fourth-order valence-electron chi connectivity index (χ4n) is 3.03. The Kier molecular flexibility index (Phi) is 8.86. The molecule has 1 amide bonds. The summed E-state index contributed by atoms with van der Waals surface area (Å²) in [4.78, 5) is 12.2. The van der Waals surface area contributed by atoms with Crippen molar-refractivity contribution >= 4 is 15.9 Å². The number of hydrogen-bond acceptors (Lipinski definition) is 3. The van der Waals surface area contributed by atoms with Crippen LogP contribution in [0.25, 0.3) is 0 Å². The van der Waals surface area contributed by atoms with E-state index in [1.54, 1.807) is 26.0 Å². The van der Waals surface area contributed by atoms with E-state index in [-0.39, 0.29) is 17.7 Å². The number of carbonyl (C=O) groups excluding carboxylic acids is 1. The van der Waals surface area contributed by atoms with Crippen molar-refractivity contribution in [3.8, 4) is 0 Å². The van der Waals surface area contributed by atoms with Crippen molar-refractivity contribution < 1.29 is 13.2 Å². The SMILES string of the molecule is CCCCc1ccc(CC(=O)NCc2ccc(CS(=O)(=O)NC(C)C)cc2)cc1. The number of amides is 1. The third-order valence-electron chi connectivity index (χ3n) is 4.49. The van der Waals surface area contributed by atoms with Crippen molar-refractivity contribution in [3.05, 3.63) is 70.8 Å². The van der Waals surface area contributed by atoms with Gasteiger partial charge in [-0.2, -0.15) is 0 Å². The molecule has 2 rings (SSSR count). The second-order valence-electron chi connectivity index (χ2n) is 7.72. The number of unbranched alkanes of at least 4 members (excludes halogenated alkanes) is 1. The lowest BCUT2D eigenvalue weighted by Gasteiger charge is -2.10. The molecule has 0 fully saturated rings. The van der Waals surface area contributed by atoms with Gasteiger partial charge in [-0.1, -0.05) is 61.9 Å². The fraction of sp³-hybridized carbons (Fsp3) is 0.435. The van der Waals surface area contributed by atoms with E-state index in [4.69, 9.17) is 0 Å². The normalized spacial score (nSPS) is 11.6. The topological polar surface area (TPSA) is 75.3 Å². The summed E-state index contributed by atoms with van der Waals surface area (Å²) in [6, 6.07) is 15.4. The Morgan fingerprint density at radius 2 is 1.45 bits per heavy atom. The van der Waals surface area contributed by atoms with Crippen molar-refractivity contribution in [2.45, 2.75) is 64.8 Å². The van der Waals surface area contributed by atoms with Gasteiger partial charge in [0.1, 0.15) is 0 Å². The first kappa shape index (κ1) is 23.1. The minimum Gasteiger partial charge on any atom is -0.352 e.